The smallest absolute Gasteiger partial charge is 0.449 e. The van der Waals surface area contributed by atoms with Crippen molar-refractivity contribution < 1.29 is 32.2 Å². The fraction of sp³-hybridized carbons (Fsp3) is 0.429. The number of nitrogens with zero attached hydrogens (tertiary/aromatic N) is 1. The molecule has 9 heteroatoms. The summed E-state index contributed by atoms with van der Waals surface area (Å²) < 4.78 is 53.0. The fourth-order valence-electron chi connectivity index (χ4n) is 0.981. The minimum atomic E-state index is -5.17. The summed E-state index contributed by atoms with van der Waals surface area (Å²) in [6.45, 7) is 1.21. The van der Waals surface area contributed by atoms with E-state index in [4.69, 9.17) is 5.11 Å². The van der Waals surface area contributed by atoms with Crippen LogP contribution >= 0.6 is 0 Å². The van der Waals surface area contributed by atoms with E-state index in [0.29, 0.717) is 0 Å². The van der Waals surface area contributed by atoms with E-state index < -0.39 is 29.9 Å². The molecule has 1 aromatic rings. The van der Waals surface area contributed by atoms with Crippen molar-refractivity contribution in [3.63, 3.8) is 0 Å². The van der Waals surface area contributed by atoms with Gasteiger partial charge in [0, 0.05) is 0 Å². The zero-order valence-corrected chi connectivity index (χ0v) is 7.80. The number of halogens is 4. The van der Waals surface area contributed by atoms with Gasteiger partial charge >= 0.3 is 12.3 Å². The van der Waals surface area contributed by atoms with E-state index in [9.17, 15) is 22.4 Å². The number of rotatable bonds is 2. The molecule has 1 atom stereocenters. The first-order chi connectivity index (χ1) is 7.23. The molecular weight excluding hydrogens is 236 g/mol. The summed E-state index contributed by atoms with van der Waals surface area (Å²) in [7, 11) is 0. The van der Waals surface area contributed by atoms with Crippen molar-refractivity contribution in [2.24, 2.45) is 0 Å². The molecule has 0 aromatic carbocycles. The lowest BCUT2D eigenvalue weighted by molar-refractivity contribution is -0.184. The third-order valence-corrected chi connectivity index (χ3v) is 1.63. The summed E-state index contributed by atoms with van der Waals surface area (Å²) in [5, 5.41) is 13.3. The largest absolute Gasteiger partial charge is 0.511 e. The quantitative estimate of drug-likeness (QED) is 0.616. The molecule has 0 bridgehead atoms. The van der Waals surface area contributed by atoms with Crippen molar-refractivity contribution in [3.8, 4) is 5.75 Å². The van der Waals surface area contributed by atoms with Crippen molar-refractivity contribution in [2.75, 3.05) is 0 Å². The lowest BCUT2D eigenvalue weighted by atomic mass is 10.2. The first-order valence-corrected chi connectivity index (χ1v) is 3.90. The Bertz CT molecular complexity index is 401. The summed E-state index contributed by atoms with van der Waals surface area (Å²) in [6.07, 6.45) is -10.4. The Morgan fingerprint density at radius 2 is 2.12 bits per heavy atom. The minimum Gasteiger partial charge on any atom is -0.449 e. The molecule has 1 unspecified atom stereocenters. The van der Waals surface area contributed by atoms with Gasteiger partial charge in [-0.2, -0.15) is 18.3 Å². The number of carboxylic acid groups (broad SMARTS) is 1. The van der Waals surface area contributed by atoms with Crippen LogP contribution in [0.4, 0.5) is 22.4 Å². The van der Waals surface area contributed by atoms with Crippen LogP contribution in [0.1, 0.15) is 17.6 Å². The maximum Gasteiger partial charge on any atom is 0.511 e. The highest BCUT2D eigenvalue weighted by atomic mass is 19.4. The van der Waals surface area contributed by atoms with Crippen LogP contribution in [0.25, 0.3) is 0 Å². The third-order valence-electron chi connectivity index (χ3n) is 1.63. The minimum absolute atomic E-state index is 0.107. The standard InChI is InChI=1S/C7H6F4N2O3/c1-2-4(16-6(14)15)3(13-12-2)5(8)7(9,10)11/h5H,1H3,(H,12,13)(H,14,15). The molecule has 1 heterocycles. The molecule has 0 aliphatic heterocycles. The monoisotopic (exact) mass is 242 g/mol. The predicted molar refractivity (Wildman–Crippen MR) is 41.9 cm³/mol. The second-order valence-electron chi connectivity index (χ2n) is 2.84. The van der Waals surface area contributed by atoms with Gasteiger partial charge < -0.3 is 9.84 Å². The van der Waals surface area contributed by atoms with Gasteiger partial charge in [-0.05, 0) is 6.92 Å². The molecule has 1 rings (SSSR count). The van der Waals surface area contributed by atoms with Crippen LogP contribution in [-0.4, -0.2) is 27.6 Å². The Balaban J connectivity index is 3.10. The van der Waals surface area contributed by atoms with Crippen LogP contribution in [0.2, 0.25) is 0 Å². The number of aromatic nitrogens is 2. The van der Waals surface area contributed by atoms with E-state index in [1.54, 1.807) is 0 Å². The van der Waals surface area contributed by atoms with E-state index in [1.165, 1.54) is 6.92 Å². The van der Waals surface area contributed by atoms with Crippen LogP contribution < -0.4 is 4.74 Å². The van der Waals surface area contributed by atoms with Crippen LogP contribution in [0, 0.1) is 6.92 Å². The number of ether oxygens (including phenoxy) is 1. The second-order valence-corrected chi connectivity index (χ2v) is 2.84. The van der Waals surface area contributed by atoms with E-state index in [0.717, 1.165) is 0 Å². The molecule has 1 aromatic heterocycles. The summed E-state index contributed by atoms with van der Waals surface area (Å²) in [6, 6.07) is 0. The average Bonchev–Trinajstić information content (AvgIpc) is 2.45. The van der Waals surface area contributed by atoms with Gasteiger partial charge in [-0.15, -0.1) is 0 Å². The van der Waals surface area contributed by atoms with Crippen molar-refractivity contribution in [2.45, 2.75) is 19.3 Å². The molecule has 0 aliphatic rings. The van der Waals surface area contributed by atoms with Gasteiger partial charge in [-0.1, -0.05) is 0 Å². The predicted octanol–water partition coefficient (Wildman–Crippen LogP) is 2.35. The SMILES string of the molecule is Cc1[nH]nc(C(F)C(F)(F)F)c1OC(=O)O. The lowest BCUT2D eigenvalue weighted by Gasteiger charge is -2.10. The van der Waals surface area contributed by atoms with Gasteiger partial charge in [0.05, 0.1) is 5.69 Å². The maximum absolute atomic E-state index is 12.9. The Labute approximate surface area is 86.0 Å². The fourth-order valence-corrected chi connectivity index (χ4v) is 0.981. The molecule has 5 nitrogen and oxygen atoms in total. The van der Waals surface area contributed by atoms with Crippen LogP contribution in [0.15, 0.2) is 0 Å². The summed E-state index contributed by atoms with van der Waals surface area (Å²) in [4.78, 5) is 10.2. The zero-order chi connectivity index (χ0) is 12.5. The zero-order valence-electron chi connectivity index (χ0n) is 7.80. The number of nitrogens with one attached hydrogen (secondary N) is 1. The van der Waals surface area contributed by atoms with Gasteiger partial charge in [0.15, 0.2) is 5.75 Å². The van der Waals surface area contributed by atoms with Crippen molar-refractivity contribution in [1.82, 2.24) is 10.2 Å². The van der Waals surface area contributed by atoms with Crippen LogP contribution in [0.5, 0.6) is 5.75 Å². The molecule has 2 N–H and O–H groups in total. The normalized spacial score (nSPS) is 13.6. The summed E-state index contributed by atoms with van der Waals surface area (Å²) in [5.41, 5.74) is -1.24. The molecule has 0 radical (unpaired) electrons. The van der Waals surface area contributed by atoms with E-state index >= 15 is 0 Å². The molecule has 0 saturated heterocycles. The number of hydrogen-bond donors (Lipinski definition) is 2. The first kappa shape index (κ1) is 12.3. The molecule has 16 heavy (non-hydrogen) atoms. The number of aromatic amines is 1. The Hall–Kier alpha value is -1.80. The number of aryl methyl sites for hydroxylation is 1. The first-order valence-electron chi connectivity index (χ1n) is 3.90. The number of carbonyl (C=O) groups is 1. The maximum atomic E-state index is 12.9. The molecule has 0 saturated carbocycles. The molecule has 0 spiro atoms. The van der Waals surface area contributed by atoms with Gasteiger partial charge in [-0.3, -0.25) is 5.10 Å². The van der Waals surface area contributed by atoms with Crippen LogP contribution in [-0.2, 0) is 0 Å². The topological polar surface area (TPSA) is 75.2 Å². The second kappa shape index (κ2) is 3.99. The van der Waals surface area contributed by atoms with Gasteiger partial charge in [-0.25, -0.2) is 9.18 Å². The van der Waals surface area contributed by atoms with E-state index in [1.807, 2.05) is 5.10 Å². The average molecular weight is 242 g/mol. The molecule has 90 valence electrons. The number of H-pyrrole nitrogens is 1. The van der Waals surface area contributed by atoms with Gasteiger partial charge in [0.1, 0.15) is 5.69 Å². The molecular formula is C7H6F4N2O3. The van der Waals surface area contributed by atoms with Crippen molar-refractivity contribution in [3.05, 3.63) is 11.4 Å². The molecule has 0 aliphatic carbocycles. The Kier molecular flexibility index (Phi) is 3.06. The highest BCUT2D eigenvalue weighted by molar-refractivity contribution is 5.62. The third kappa shape index (κ3) is 2.41. The van der Waals surface area contributed by atoms with Crippen molar-refractivity contribution >= 4 is 6.16 Å². The highest BCUT2D eigenvalue weighted by Crippen LogP contribution is 2.39. The summed E-state index contributed by atoms with van der Waals surface area (Å²) >= 11 is 0. The highest BCUT2D eigenvalue weighted by Gasteiger charge is 2.45. The Morgan fingerprint density at radius 3 is 2.56 bits per heavy atom. The van der Waals surface area contributed by atoms with Crippen molar-refractivity contribution in [1.29, 1.82) is 0 Å². The molecule has 0 amide bonds. The number of hydrogen-bond acceptors (Lipinski definition) is 3. The van der Waals surface area contributed by atoms with E-state index in [2.05, 4.69) is 9.84 Å². The summed E-state index contributed by atoms with van der Waals surface area (Å²) in [5.74, 6) is -0.766. The Morgan fingerprint density at radius 1 is 1.56 bits per heavy atom. The number of alkyl halides is 4. The molecule has 0 fully saturated rings. The van der Waals surface area contributed by atoms with Gasteiger partial charge in [0.2, 0.25) is 6.17 Å². The lowest BCUT2D eigenvalue weighted by Crippen LogP contribution is -2.18. The van der Waals surface area contributed by atoms with E-state index in [-0.39, 0.29) is 5.69 Å². The van der Waals surface area contributed by atoms with Gasteiger partial charge in [0.25, 0.3) is 0 Å². The van der Waals surface area contributed by atoms with Crippen LogP contribution in [0.3, 0.4) is 0 Å².